The van der Waals surface area contributed by atoms with Gasteiger partial charge in [0.2, 0.25) is 0 Å². The SMILES string of the molecule is Cn1nc(-c2nc(C3(c4ccccc4C(=O)O)CC3)no2)cc1C(F)F. The molecule has 0 atom stereocenters. The zero-order valence-electron chi connectivity index (χ0n) is 13.7. The van der Waals surface area contributed by atoms with Crippen molar-refractivity contribution in [2.24, 2.45) is 7.05 Å². The van der Waals surface area contributed by atoms with Gasteiger partial charge in [-0.05, 0) is 30.5 Å². The fourth-order valence-electron chi connectivity index (χ4n) is 3.14. The summed E-state index contributed by atoms with van der Waals surface area (Å²) in [6.45, 7) is 0. The summed E-state index contributed by atoms with van der Waals surface area (Å²) < 4.78 is 32.1. The molecule has 0 saturated heterocycles. The molecule has 0 spiro atoms. The van der Waals surface area contributed by atoms with E-state index in [0.717, 1.165) is 4.68 Å². The van der Waals surface area contributed by atoms with Crippen LogP contribution in [-0.2, 0) is 12.5 Å². The topological polar surface area (TPSA) is 94.0 Å². The van der Waals surface area contributed by atoms with E-state index in [-0.39, 0.29) is 22.8 Å². The van der Waals surface area contributed by atoms with Gasteiger partial charge < -0.3 is 9.63 Å². The molecule has 0 unspecified atom stereocenters. The lowest BCUT2D eigenvalue weighted by atomic mass is 9.90. The van der Waals surface area contributed by atoms with Gasteiger partial charge in [-0.3, -0.25) is 4.68 Å². The first-order valence-corrected chi connectivity index (χ1v) is 7.92. The van der Waals surface area contributed by atoms with E-state index in [2.05, 4.69) is 15.2 Å². The normalized spacial score (nSPS) is 15.4. The number of benzene rings is 1. The summed E-state index contributed by atoms with van der Waals surface area (Å²) in [6.07, 6.45) is -1.30. The Labute approximate surface area is 146 Å². The number of aryl methyl sites for hydroxylation is 1. The second kappa shape index (κ2) is 5.72. The largest absolute Gasteiger partial charge is 0.478 e. The van der Waals surface area contributed by atoms with Crippen molar-refractivity contribution in [1.29, 1.82) is 0 Å². The van der Waals surface area contributed by atoms with Crippen LogP contribution in [0.15, 0.2) is 34.9 Å². The minimum atomic E-state index is -2.67. The number of alkyl halides is 2. The van der Waals surface area contributed by atoms with Crippen LogP contribution in [0.3, 0.4) is 0 Å². The van der Waals surface area contributed by atoms with Crippen molar-refractivity contribution in [1.82, 2.24) is 19.9 Å². The highest BCUT2D eigenvalue weighted by atomic mass is 19.3. The second-order valence-corrected chi connectivity index (χ2v) is 6.23. The minimum Gasteiger partial charge on any atom is -0.478 e. The molecule has 0 bridgehead atoms. The van der Waals surface area contributed by atoms with Crippen molar-refractivity contribution >= 4 is 5.97 Å². The zero-order valence-corrected chi connectivity index (χ0v) is 13.7. The third-order valence-electron chi connectivity index (χ3n) is 4.64. The van der Waals surface area contributed by atoms with Gasteiger partial charge in [0.15, 0.2) is 11.5 Å². The molecule has 2 aromatic heterocycles. The third-order valence-corrected chi connectivity index (χ3v) is 4.64. The van der Waals surface area contributed by atoms with Gasteiger partial charge >= 0.3 is 5.97 Å². The highest BCUT2D eigenvalue weighted by Crippen LogP contribution is 2.53. The lowest BCUT2D eigenvalue weighted by Crippen LogP contribution is -2.16. The maximum absolute atomic E-state index is 12.9. The molecular weight excluding hydrogens is 346 g/mol. The number of hydrogen-bond donors (Lipinski definition) is 1. The van der Waals surface area contributed by atoms with Crippen LogP contribution < -0.4 is 0 Å². The molecule has 1 saturated carbocycles. The van der Waals surface area contributed by atoms with Gasteiger partial charge in [-0.25, -0.2) is 13.6 Å². The van der Waals surface area contributed by atoms with E-state index >= 15 is 0 Å². The Morgan fingerprint density at radius 3 is 2.69 bits per heavy atom. The van der Waals surface area contributed by atoms with Crippen molar-refractivity contribution < 1.29 is 23.2 Å². The summed E-state index contributed by atoms with van der Waals surface area (Å²) in [5, 5.41) is 17.4. The molecule has 26 heavy (non-hydrogen) atoms. The minimum absolute atomic E-state index is 0.0292. The van der Waals surface area contributed by atoms with Crippen molar-refractivity contribution in [2.45, 2.75) is 24.7 Å². The van der Waals surface area contributed by atoms with Crippen molar-refractivity contribution in [3.8, 4) is 11.6 Å². The molecule has 1 aliphatic carbocycles. The van der Waals surface area contributed by atoms with Crippen LogP contribution in [-0.4, -0.2) is 31.0 Å². The van der Waals surface area contributed by atoms with Gasteiger partial charge in [0, 0.05) is 7.05 Å². The quantitative estimate of drug-likeness (QED) is 0.751. The summed E-state index contributed by atoms with van der Waals surface area (Å²) >= 11 is 0. The molecule has 2 heterocycles. The van der Waals surface area contributed by atoms with E-state index in [9.17, 15) is 18.7 Å². The molecule has 134 valence electrons. The molecule has 0 radical (unpaired) electrons. The fourth-order valence-corrected chi connectivity index (χ4v) is 3.14. The molecule has 4 rings (SSSR count). The summed E-state index contributed by atoms with van der Waals surface area (Å²) in [5.74, 6) is -0.658. The highest BCUT2D eigenvalue weighted by molar-refractivity contribution is 5.90. The Morgan fingerprint density at radius 2 is 2.08 bits per heavy atom. The Kier molecular flexibility index (Phi) is 3.60. The van der Waals surface area contributed by atoms with Crippen LogP contribution in [0.1, 0.15) is 46.7 Å². The molecule has 0 amide bonds. The number of carbonyl (C=O) groups is 1. The van der Waals surface area contributed by atoms with Crippen molar-refractivity contribution in [2.75, 3.05) is 0 Å². The third kappa shape index (κ3) is 2.47. The Bertz CT molecular complexity index is 992. The van der Waals surface area contributed by atoms with Crippen LogP contribution in [0, 0.1) is 0 Å². The van der Waals surface area contributed by atoms with Crippen LogP contribution in [0.2, 0.25) is 0 Å². The molecule has 7 nitrogen and oxygen atoms in total. The summed E-state index contributed by atoms with van der Waals surface area (Å²) in [6, 6.07) is 7.89. The summed E-state index contributed by atoms with van der Waals surface area (Å²) in [7, 11) is 1.41. The average molecular weight is 360 g/mol. The number of hydrogen-bond acceptors (Lipinski definition) is 5. The van der Waals surface area contributed by atoms with Crippen LogP contribution >= 0.6 is 0 Å². The summed E-state index contributed by atoms with van der Waals surface area (Å²) in [5.41, 5.74) is 0.0844. The van der Waals surface area contributed by atoms with Gasteiger partial charge in [0.05, 0.1) is 11.0 Å². The van der Waals surface area contributed by atoms with Crippen LogP contribution in [0.4, 0.5) is 8.78 Å². The first kappa shape index (κ1) is 16.4. The number of aromatic nitrogens is 4. The monoisotopic (exact) mass is 360 g/mol. The predicted octanol–water partition coefficient (Wildman–Crippen LogP) is 3.19. The highest BCUT2D eigenvalue weighted by Gasteiger charge is 2.51. The molecule has 0 aliphatic heterocycles. The first-order valence-electron chi connectivity index (χ1n) is 7.92. The van der Waals surface area contributed by atoms with E-state index in [1.54, 1.807) is 18.2 Å². The molecule has 1 aliphatic rings. The number of carboxylic acids is 1. The molecular formula is C17H14F2N4O3. The number of aromatic carboxylic acids is 1. The van der Waals surface area contributed by atoms with Gasteiger partial charge in [0.1, 0.15) is 5.69 Å². The summed E-state index contributed by atoms with van der Waals surface area (Å²) in [4.78, 5) is 15.8. The number of carboxylic acid groups (broad SMARTS) is 1. The fraction of sp³-hybridized carbons (Fsp3) is 0.294. The van der Waals surface area contributed by atoms with Crippen LogP contribution in [0.5, 0.6) is 0 Å². The zero-order chi connectivity index (χ0) is 18.5. The molecule has 3 aromatic rings. The van der Waals surface area contributed by atoms with E-state index in [4.69, 9.17) is 4.52 Å². The molecule has 9 heteroatoms. The Morgan fingerprint density at radius 1 is 1.35 bits per heavy atom. The molecule has 1 N–H and O–H groups in total. The first-order chi connectivity index (χ1) is 12.4. The molecule has 1 aromatic carbocycles. The Balaban J connectivity index is 1.73. The standard InChI is InChI=1S/C17H14F2N4O3/c1-23-12(13(18)19)8-11(21-23)14-20-16(22-26-14)17(6-7-17)10-5-3-2-4-9(10)15(24)25/h2-5,8,13H,6-7H2,1H3,(H,24,25). The maximum Gasteiger partial charge on any atom is 0.335 e. The smallest absolute Gasteiger partial charge is 0.335 e. The Hall–Kier alpha value is -3.10. The number of halogens is 2. The van der Waals surface area contributed by atoms with Crippen molar-refractivity contribution in [3.63, 3.8) is 0 Å². The lowest BCUT2D eigenvalue weighted by molar-refractivity contribution is 0.0695. The van der Waals surface area contributed by atoms with E-state index in [0.29, 0.717) is 24.2 Å². The maximum atomic E-state index is 12.9. The van der Waals surface area contributed by atoms with Crippen LogP contribution in [0.25, 0.3) is 11.6 Å². The van der Waals surface area contributed by atoms with Gasteiger partial charge in [-0.2, -0.15) is 10.1 Å². The van der Waals surface area contributed by atoms with E-state index in [1.807, 2.05) is 0 Å². The lowest BCUT2D eigenvalue weighted by Gasteiger charge is -2.13. The second-order valence-electron chi connectivity index (χ2n) is 6.23. The van der Waals surface area contributed by atoms with Gasteiger partial charge in [-0.1, -0.05) is 23.4 Å². The van der Waals surface area contributed by atoms with E-state index in [1.165, 1.54) is 19.2 Å². The van der Waals surface area contributed by atoms with Crippen molar-refractivity contribution in [3.05, 3.63) is 53.0 Å². The average Bonchev–Trinajstić information content (AvgIpc) is 3.08. The van der Waals surface area contributed by atoms with Gasteiger partial charge in [0.25, 0.3) is 12.3 Å². The molecule has 1 fully saturated rings. The number of rotatable bonds is 5. The van der Waals surface area contributed by atoms with E-state index < -0.39 is 17.8 Å². The van der Waals surface area contributed by atoms with Gasteiger partial charge in [-0.15, -0.1) is 0 Å². The number of nitrogens with zero attached hydrogens (tertiary/aromatic N) is 4. The predicted molar refractivity (Wildman–Crippen MR) is 84.9 cm³/mol.